The van der Waals surface area contributed by atoms with Crippen molar-refractivity contribution in [1.82, 2.24) is 4.90 Å². The zero-order valence-corrected chi connectivity index (χ0v) is 12.1. The molecule has 106 valence electrons. The Hall–Kier alpha value is -1.06. The monoisotopic (exact) mass is 263 g/mol. The molecule has 0 fully saturated rings. The summed E-state index contributed by atoms with van der Waals surface area (Å²) >= 11 is 0. The molecule has 0 aromatic heterocycles. The highest BCUT2D eigenvalue weighted by atomic mass is 16.5. The van der Waals surface area contributed by atoms with Crippen molar-refractivity contribution in [3.05, 3.63) is 29.3 Å². The lowest BCUT2D eigenvalue weighted by Crippen LogP contribution is -2.34. The number of hydrogen-bond acceptors (Lipinski definition) is 3. The lowest BCUT2D eigenvalue weighted by molar-refractivity contribution is 0.193. The van der Waals surface area contributed by atoms with Crippen LogP contribution in [-0.4, -0.2) is 42.4 Å². The number of aliphatic hydroxyl groups is 1. The standard InChI is InChI=1S/C16H25NO2/c1-13(2)17(8-3-10-18)9-6-14-4-5-16-15(12-14)7-11-19-16/h4-5,12-13,18H,3,6-11H2,1-2H3. The second-order valence-electron chi connectivity index (χ2n) is 5.50. The Morgan fingerprint density at radius 3 is 2.89 bits per heavy atom. The molecule has 1 aromatic carbocycles. The van der Waals surface area contributed by atoms with Gasteiger partial charge in [-0.2, -0.15) is 0 Å². The maximum absolute atomic E-state index is 8.95. The number of hydrogen-bond donors (Lipinski definition) is 1. The fourth-order valence-electron chi connectivity index (χ4n) is 2.57. The Balaban J connectivity index is 1.89. The third-order valence-corrected chi connectivity index (χ3v) is 3.78. The van der Waals surface area contributed by atoms with E-state index in [9.17, 15) is 0 Å². The average molecular weight is 263 g/mol. The van der Waals surface area contributed by atoms with Crippen LogP contribution >= 0.6 is 0 Å². The number of ether oxygens (including phenoxy) is 1. The van der Waals surface area contributed by atoms with Crippen LogP contribution < -0.4 is 4.74 Å². The first kappa shape index (κ1) is 14.4. The molecule has 0 amide bonds. The van der Waals surface area contributed by atoms with Crippen molar-refractivity contribution in [2.75, 3.05) is 26.3 Å². The van der Waals surface area contributed by atoms with Crippen LogP contribution in [0.5, 0.6) is 5.75 Å². The van der Waals surface area contributed by atoms with Crippen LogP contribution in [0.1, 0.15) is 31.4 Å². The largest absolute Gasteiger partial charge is 0.493 e. The van der Waals surface area contributed by atoms with Crippen molar-refractivity contribution < 1.29 is 9.84 Å². The van der Waals surface area contributed by atoms with Crippen LogP contribution in [0.25, 0.3) is 0 Å². The van der Waals surface area contributed by atoms with Gasteiger partial charge in [-0.05, 0) is 43.9 Å². The summed E-state index contributed by atoms with van der Waals surface area (Å²) < 4.78 is 5.53. The Bertz CT molecular complexity index is 404. The van der Waals surface area contributed by atoms with Gasteiger partial charge in [-0.1, -0.05) is 12.1 Å². The third kappa shape index (κ3) is 3.95. The molecule has 2 rings (SSSR count). The molecule has 1 heterocycles. The Morgan fingerprint density at radius 1 is 1.32 bits per heavy atom. The first-order valence-corrected chi connectivity index (χ1v) is 7.30. The molecule has 0 atom stereocenters. The lowest BCUT2D eigenvalue weighted by atomic mass is 10.1. The van der Waals surface area contributed by atoms with Gasteiger partial charge in [0.05, 0.1) is 6.61 Å². The van der Waals surface area contributed by atoms with Crippen molar-refractivity contribution >= 4 is 0 Å². The molecule has 3 heteroatoms. The van der Waals surface area contributed by atoms with E-state index in [-0.39, 0.29) is 6.61 Å². The van der Waals surface area contributed by atoms with Crippen LogP contribution in [0.2, 0.25) is 0 Å². The molecule has 0 bridgehead atoms. The van der Waals surface area contributed by atoms with E-state index in [4.69, 9.17) is 9.84 Å². The fraction of sp³-hybridized carbons (Fsp3) is 0.625. The zero-order chi connectivity index (χ0) is 13.7. The van der Waals surface area contributed by atoms with Crippen molar-refractivity contribution in [2.45, 2.75) is 39.2 Å². The molecule has 1 aromatic rings. The summed E-state index contributed by atoms with van der Waals surface area (Å²) in [5.41, 5.74) is 2.74. The molecule has 3 nitrogen and oxygen atoms in total. The van der Waals surface area contributed by atoms with E-state index in [1.165, 1.54) is 11.1 Å². The summed E-state index contributed by atoms with van der Waals surface area (Å²) in [4.78, 5) is 2.43. The summed E-state index contributed by atoms with van der Waals surface area (Å²) in [5, 5.41) is 8.95. The molecule has 1 aliphatic rings. The van der Waals surface area contributed by atoms with Crippen LogP contribution in [0.3, 0.4) is 0 Å². The minimum atomic E-state index is 0.277. The normalized spacial score (nSPS) is 13.9. The van der Waals surface area contributed by atoms with Gasteiger partial charge in [-0.15, -0.1) is 0 Å². The predicted octanol–water partition coefficient (Wildman–Crippen LogP) is 2.26. The molecule has 0 spiro atoms. The summed E-state index contributed by atoms with van der Waals surface area (Å²) in [6.45, 7) is 7.56. The van der Waals surface area contributed by atoms with Crippen LogP contribution in [0.15, 0.2) is 18.2 Å². The summed E-state index contributed by atoms with van der Waals surface area (Å²) in [7, 11) is 0. The molecule has 0 saturated carbocycles. The number of aliphatic hydroxyl groups excluding tert-OH is 1. The second kappa shape index (κ2) is 6.92. The van der Waals surface area contributed by atoms with E-state index in [1.54, 1.807) is 0 Å². The maximum atomic E-state index is 8.95. The van der Waals surface area contributed by atoms with E-state index in [0.29, 0.717) is 6.04 Å². The maximum Gasteiger partial charge on any atom is 0.122 e. The third-order valence-electron chi connectivity index (χ3n) is 3.78. The van der Waals surface area contributed by atoms with E-state index >= 15 is 0 Å². The van der Waals surface area contributed by atoms with Crippen molar-refractivity contribution in [3.63, 3.8) is 0 Å². The van der Waals surface area contributed by atoms with Gasteiger partial charge in [-0.25, -0.2) is 0 Å². The van der Waals surface area contributed by atoms with Gasteiger partial charge in [0, 0.05) is 32.2 Å². The van der Waals surface area contributed by atoms with Crippen LogP contribution in [0, 0.1) is 0 Å². The van der Waals surface area contributed by atoms with Gasteiger partial charge < -0.3 is 14.7 Å². The van der Waals surface area contributed by atoms with Crippen molar-refractivity contribution in [3.8, 4) is 5.75 Å². The first-order valence-electron chi connectivity index (χ1n) is 7.30. The first-order chi connectivity index (χ1) is 9.20. The predicted molar refractivity (Wildman–Crippen MR) is 77.8 cm³/mol. The molecule has 1 N–H and O–H groups in total. The van der Waals surface area contributed by atoms with Crippen LogP contribution in [-0.2, 0) is 12.8 Å². The minimum absolute atomic E-state index is 0.277. The summed E-state index contributed by atoms with van der Waals surface area (Å²) in [6, 6.07) is 7.09. The van der Waals surface area contributed by atoms with Gasteiger partial charge in [0.25, 0.3) is 0 Å². The highest BCUT2D eigenvalue weighted by molar-refractivity contribution is 5.39. The fourth-order valence-corrected chi connectivity index (χ4v) is 2.57. The number of rotatable bonds is 7. The highest BCUT2D eigenvalue weighted by Gasteiger charge is 2.13. The van der Waals surface area contributed by atoms with Gasteiger partial charge in [-0.3, -0.25) is 0 Å². The number of fused-ring (bicyclic) bond motifs is 1. The molecular weight excluding hydrogens is 238 g/mol. The SMILES string of the molecule is CC(C)N(CCCO)CCc1ccc2c(c1)CCO2. The Morgan fingerprint density at radius 2 is 2.16 bits per heavy atom. The van der Waals surface area contributed by atoms with Crippen molar-refractivity contribution in [1.29, 1.82) is 0 Å². The van der Waals surface area contributed by atoms with Gasteiger partial charge in [0.15, 0.2) is 0 Å². The topological polar surface area (TPSA) is 32.7 Å². The van der Waals surface area contributed by atoms with Crippen LogP contribution in [0.4, 0.5) is 0 Å². The van der Waals surface area contributed by atoms with Gasteiger partial charge >= 0.3 is 0 Å². The molecule has 1 aliphatic heterocycles. The summed E-state index contributed by atoms with van der Waals surface area (Å²) in [5.74, 6) is 1.06. The Labute approximate surface area is 116 Å². The molecule has 0 aliphatic carbocycles. The molecular formula is C16H25NO2. The van der Waals surface area contributed by atoms with Gasteiger partial charge in [0.2, 0.25) is 0 Å². The highest BCUT2D eigenvalue weighted by Crippen LogP contribution is 2.26. The van der Waals surface area contributed by atoms with E-state index < -0.39 is 0 Å². The molecule has 0 radical (unpaired) electrons. The summed E-state index contributed by atoms with van der Waals surface area (Å²) in [6.07, 6.45) is 2.97. The molecule has 0 saturated heterocycles. The number of nitrogens with zero attached hydrogens (tertiary/aromatic N) is 1. The van der Waals surface area contributed by atoms with Crippen molar-refractivity contribution in [2.24, 2.45) is 0 Å². The lowest BCUT2D eigenvalue weighted by Gasteiger charge is -2.26. The van der Waals surface area contributed by atoms with E-state index in [1.807, 2.05) is 0 Å². The zero-order valence-electron chi connectivity index (χ0n) is 12.1. The second-order valence-corrected chi connectivity index (χ2v) is 5.50. The van der Waals surface area contributed by atoms with E-state index in [2.05, 4.69) is 36.9 Å². The molecule has 0 unspecified atom stereocenters. The Kier molecular flexibility index (Phi) is 5.23. The van der Waals surface area contributed by atoms with Gasteiger partial charge in [0.1, 0.15) is 5.75 Å². The average Bonchev–Trinajstić information content (AvgIpc) is 2.85. The van der Waals surface area contributed by atoms with E-state index in [0.717, 1.165) is 44.7 Å². The quantitative estimate of drug-likeness (QED) is 0.819. The molecule has 19 heavy (non-hydrogen) atoms. The minimum Gasteiger partial charge on any atom is -0.493 e. The smallest absolute Gasteiger partial charge is 0.122 e. The number of benzene rings is 1.